The van der Waals surface area contributed by atoms with E-state index in [9.17, 15) is 19.2 Å². The molecule has 0 radical (unpaired) electrons. The van der Waals surface area contributed by atoms with Gasteiger partial charge >= 0.3 is 11.9 Å². The Bertz CT molecular complexity index is 1360. The number of ether oxygens (including phenoxy) is 3. The van der Waals surface area contributed by atoms with Crippen molar-refractivity contribution < 1.29 is 33.4 Å². The van der Waals surface area contributed by atoms with Crippen LogP contribution in [0.25, 0.3) is 0 Å². The van der Waals surface area contributed by atoms with Gasteiger partial charge in [-0.05, 0) is 54.4 Å². The summed E-state index contributed by atoms with van der Waals surface area (Å²) >= 11 is 0.646. The van der Waals surface area contributed by atoms with Crippen molar-refractivity contribution >= 4 is 34.8 Å². The number of carbonyl (C=O) groups is 4. The van der Waals surface area contributed by atoms with Crippen LogP contribution in [0.1, 0.15) is 55.2 Å². The van der Waals surface area contributed by atoms with Gasteiger partial charge in [0.25, 0.3) is 11.1 Å². The fourth-order valence-electron chi connectivity index (χ4n) is 4.20. The molecule has 0 aliphatic carbocycles. The molecule has 214 valence electrons. The summed E-state index contributed by atoms with van der Waals surface area (Å²) in [6.45, 7) is 4.13. The van der Waals surface area contributed by atoms with Gasteiger partial charge in [-0.25, -0.2) is 4.79 Å². The van der Waals surface area contributed by atoms with E-state index < -0.39 is 21.9 Å². The number of esters is 2. The Labute approximate surface area is 243 Å². The molecule has 2 aromatic carbocycles. The maximum Gasteiger partial charge on any atom is 0.333 e. The van der Waals surface area contributed by atoms with Crippen molar-refractivity contribution in [2.75, 3.05) is 6.61 Å². The van der Waals surface area contributed by atoms with Crippen LogP contribution in [0.15, 0.2) is 72.9 Å². The highest BCUT2D eigenvalue weighted by Crippen LogP contribution is 2.37. The lowest BCUT2D eigenvalue weighted by molar-refractivity contribution is -0.151. The molecule has 1 unspecified atom stereocenters. The minimum atomic E-state index is -1.70. The van der Waals surface area contributed by atoms with Crippen LogP contribution in [-0.4, -0.2) is 39.4 Å². The normalized spacial score (nSPS) is 17.0. The molecule has 1 saturated heterocycles. The molecule has 10 heteroatoms. The van der Waals surface area contributed by atoms with Crippen LogP contribution < -0.4 is 10.1 Å². The number of pyridine rings is 1. The number of aromatic nitrogens is 1. The molecule has 2 amide bonds. The monoisotopic (exact) mass is 576 g/mol. The third kappa shape index (κ3) is 7.94. The smallest absolute Gasteiger partial charge is 0.333 e. The van der Waals surface area contributed by atoms with E-state index in [0.717, 1.165) is 23.2 Å². The zero-order valence-electron chi connectivity index (χ0n) is 23.0. The molecule has 9 nitrogen and oxygen atoms in total. The zero-order valence-corrected chi connectivity index (χ0v) is 23.8. The molecular weight excluding hydrogens is 544 g/mol. The maximum absolute atomic E-state index is 13.1. The number of carbonyl (C=O) groups excluding carboxylic acids is 4. The molecule has 0 bridgehead atoms. The molecule has 0 saturated carbocycles. The number of nitrogens with one attached hydrogen (secondary N) is 1. The van der Waals surface area contributed by atoms with Crippen LogP contribution in [-0.2, 0) is 43.3 Å². The summed E-state index contributed by atoms with van der Waals surface area (Å²) in [4.78, 5) is 54.0. The van der Waals surface area contributed by atoms with E-state index in [-0.39, 0.29) is 25.1 Å². The van der Waals surface area contributed by atoms with Crippen molar-refractivity contribution in [2.24, 2.45) is 0 Å². The van der Waals surface area contributed by atoms with Crippen molar-refractivity contribution in [3.63, 3.8) is 0 Å². The van der Waals surface area contributed by atoms with Gasteiger partial charge in [-0.3, -0.25) is 24.7 Å². The van der Waals surface area contributed by atoms with Gasteiger partial charge in [0.2, 0.25) is 4.75 Å². The van der Waals surface area contributed by atoms with Crippen molar-refractivity contribution in [1.29, 1.82) is 0 Å². The van der Waals surface area contributed by atoms with E-state index in [1.54, 1.807) is 30.5 Å². The summed E-state index contributed by atoms with van der Waals surface area (Å²) < 4.78 is 15.0. The first-order chi connectivity index (χ1) is 19.8. The van der Waals surface area contributed by atoms with Gasteiger partial charge < -0.3 is 14.2 Å². The first-order valence-corrected chi connectivity index (χ1v) is 14.2. The number of benzene rings is 2. The number of rotatable bonds is 13. The molecule has 1 fully saturated rings. The molecule has 1 aromatic heterocycles. The van der Waals surface area contributed by atoms with Gasteiger partial charge in [0.1, 0.15) is 18.5 Å². The zero-order chi connectivity index (χ0) is 29.2. The van der Waals surface area contributed by atoms with Gasteiger partial charge in [-0.1, -0.05) is 55.5 Å². The molecule has 1 aliphatic heterocycles. The highest BCUT2D eigenvalue weighted by molar-refractivity contribution is 8.16. The van der Waals surface area contributed by atoms with Gasteiger partial charge in [0, 0.05) is 36.7 Å². The topological polar surface area (TPSA) is 121 Å². The van der Waals surface area contributed by atoms with Crippen molar-refractivity contribution in [2.45, 2.75) is 57.0 Å². The predicted octanol–water partition coefficient (Wildman–Crippen LogP) is 5.12. The molecule has 1 aliphatic rings. The molecule has 41 heavy (non-hydrogen) atoms. The van der Waals surface area contributed by atoms with E-state index in [1.807, 2.05) is 56.3 Å². The Morgan fingerprint density at radius 3 is 2.39 bits per heavy atom. The highest BCUT2D eigenvalue weighted by atomic mass is 32.2. The Balaban J connectivity index is 1.30. The first kappa shape index (κ1) is 29.8. The fourth-order valence-corrected chi connectivity index (χ4v) is 5.19. The van der Waals surface area contributed by atoms with Gasteiger partial charge in [0.15, 0.2) is 0 Å². The lowest BCUT2D eigenvalue weighted by Gasteiger charge is -2.22. The first-order valence-electron chi connectivity index (χ1n) is 13.4. The molecule has 0 spiro atoms. The Hall–Kier alpha value is -4.18. The van der Waals surface area contributed by atoms with Crippen molar-refractivity contribution in [3.05, 3.63) is 95.3 Å². The third-order valence-electron chi connectivity index (χ3n) is 6.47. The van der Waals surface area contributed by atoms with Gasteiger partial charge in [-0.15, -0.1) is 0 Å². The molecule has 4 rings (SSSR count). The van der Waals surface area contributed by atoms with Crippen molar-refractivity contribution in [3.8, 4) is 5.75 Å². The lowest BCUT2D eigenvalue weighted by atomic mass is 9.97. The second kappa shape index (κ2) is 13.9. The predicted molar refractivity (Wildman–Crippen MR) is 153 cm³/mol. The highest BCUT2D eigenvalue weighted by Gasteiger charge is 2.55. The number of hydrogen-bond acceptors (Lipinski definition) is 9. The van der Waals surface area contributed by atoms with E-state index in [4.69, 9.17) is 14.2 Å². The molecule has 2 heterocycles. The average molecular weight is 577 g/mol. The van der Waals surface area contributed by atoms with Crippen LogP contribution in [0, 0.1) is 0 Å². The second-order valence-electron chi connectivity index (χ2n) is 9.62. The Kier molecular flexibility index (Phi) is 10.1. The quantitative estimate of drug-likeness (QED) is 0.218. The van der Waals surface area contributed by atoms with E-state index >= 15 is 0 Å². The van der Waals surface area contributed by atoms with Gasteiger partial charge in [-0.2, -0.15) is 0 Å². The number of imide groups is 1. The largest absolute Gasteiger partial charge is 0.493 e. The van der Waals surface area contributed by atoms with Crippen LogP contribution >= 0.6 is 11.8 Å². The number of thioether (sulfide) groups is 1. The van der Waals surface area contributed by atoms with Crippen LogP contribution in [0.4, 0.5) is 4.79 Å². The van der Waals surface area contributed by atoms with E-state index in [2.05, 4.69) is 10.3 Å². The number of hydrogen-bond donors (Lipinski definition) is 1. The van der Waals surface area contributed by atoms with Crippen LogP contribution in [0.3, 0.4) is 0 Å². The summed E-state index contributed by atoms with van der Waals surface area (Å²) in [5, 5.41) is 1.63. The van der Waals surface area contributed by atoms with Gasteiger partial charge in [0.05, 0.1) is 6.61 Å². The third-order valence-corrected chi connectivity index (χ3v) is 7.61. The second-order valence-corrected chi connectivity index (χ2v) is 10.9. The minimum Gasteiger partial charge on any atom is -0.493 e. The summed E-state index contributed by atoms with van der Waals surface area (Å²) in [7, 11) is 0. The summed E-state index contributed by atoms with van der Waals surface area (Å²) in [6.07, 6.45) is 3.04. The maximum atomic E-state index is 13.1. The molecule has 3 aromatic rings. The Morgan fingerprint density at radius 1 is 1.00 bits per heavy atom. The van der Waals surface area contributed by atoms with E-state index in [0.29, 0.717) is 42.5 Å². The summed E-state index contributed by atoms with van der Waals surface area (Å²) in [5.74, 6) is -1.05. The minimum absolute atomic E-state index is 0.000742. The van der Waals surface area contributed by atoms with Crippen LogP contribution in [0.2, 0.25) is 0 Å². The number of amides is 2. The van der Waals surface area contributed by atoms with Crippen LogP contribution in [0.5, 0.6) is 5.75 Å². The summed E-state index contributed by atoms with van der Waals surface area (Å²) in [5.41, 5.74) is 3.12. The SMILES string of the molecule is CCCC(=O)OC(C)c1ccc(CCOc2ccc(C[C@]3(C(=O)OCc4ccccc4)SC(=O)NC3=O)cc2)nc1. The fraction of sp³-hybridized carbons (Fsp3) is 0.323. The molecular formula is C31H32N2O7S. The lowest BCUT2D eigenvalue weighted by Crippen LogP contribution is -2.46. The standard InChI is InChI=1S/C31H32N2O7S/c1-3-7-27(34)40-21(2)24-12-13-25(32-19-24)16-17-38-26-14-10-22(11-15-26)18-31(28(35)33-30(37)41-31)29(36)39-20-23-8-5-4-6-9-23/h4-6,8-15,19,21H,3,7,16-18,20H2,1-2H3,(H,33,35,37)/t21?,31-/m0/s1. The Morgan fingerprint density at radius 2 is 1.76 bits per heavy atom. The number of nitrogens with zero attached hydrogens (tertiary/aromatic N) is 1. The van der Waals surface area contributed by atoms with E-state index in [1.165, 1.54) is 0 Å². The molecule has 1 N–H and O–H groups in total. The molecule has 2 atom stereocenters. The summed E-state index contributed by atoms with van der Waals surface area (Å²) in [6, 6.07) is 19.9. The van der Waals surface area contributed by atoms with Crippen molar-refractivity contribution in [1.82, 2.24) is 10.3 Å². The average Bonchev–Trinajstić information content (AvgIpc) is 3.26.